The van der Waals surface area contributed by atoms with E-state index in [9.17, 15) is 14.4 Å². The molecule has 2 saturated heterocycles. The molecule has 3 atom stereocenters. The standard InChI is InChI=1S/C27H33N3O5/c1-7-24(2,3)26(15-27(34-6)23(33)30-12-8-9-19(30)21(31)29-27)17-13-16-10-11-25(4,5)35-20(16)14-18(17)28-22(26)32/h7,10-11,13-14,19H,1,8-9,12,15H2,2-6H3,(H,28,32)(H,29,31)/t19-,26-,27+/m0/s1. The second-order valence-corrected chi connectivity index (χ2v) is 11.1. The summed E-state index contributed by atoms with van der Waals surface area (Å²) in [5, 5.41) is 5.89. The molecule has 0 radical (unpaired) electrons. The van der Waals surface area contributed by atoms with Gasteiger partial charge in [-0.1, -0.05) is 26.0 Å². The second-order valence-electron chi connectivity index (χ2n) is 11.1. The molecule has 4 aliphatic heterocycles. The topological polar surface area (TPSA) is 97.0 Å². The Morgan fingerprint density at radius 1 is 1.29 bits per heavy atom. The predicted octanol–water partition coefficient (Wildman–Crippen LogP) is 3.13. The summed E-state index contributed by atoms with van der Waals surface area (Å²) in [6, 6.07) is 3.29. The molecule has 0 aliphatic carbocycles. The number of hydrogen-bond acceptors (Lipinski definition) is 5. The molecule has 8 nitrogen and oxygen atoms in total. The number of methoxy groups -OCH3 is 1. The van der Waals surface area contributed by atoms with Crippen molar-refractivity contribution in [2.45, 2.75) is 69.7 Å². The normalized spacial score (nSPS) is 30.7. The minimum Gasteiger partial charge on any atom is -0.483 e. The van der Waals surface area contributed by atoms with Gasteiger partial charge in [0.25, 0.3) is 5.91 Å². The quantitative estimate of drug-likeness (QED) is 0.633. The lowest BCUT2D eigenvalue weighted by Gasteiger charge is -2.49. The molecular formula is C27H33N3O5. The summed E-state index contributed by atoms with van der Waals surface area (Å²) in [4.78, 5) is 42.3. The van der Waals surface area contributed by atoms with Gasteiger partial charge < -0.3 is 25.0 Å². The Hall–Kier alpha value is -3.13. The van der Waals surface area contributed by atoms with Crippen molar-refractivity contribution in [3.8, 4) is 5.75 Å². The summed E-state index contributed by atoms with van der Waals surface area (Å²) in [6.07, 6.45) is 7.00. The van der Waals surface area contributed by atoms with Crippen LogP contribution >= 0.6 is 0 Å². The zero-order valence-electron chi connectivity index (χ0n) is 21.0. The maximum atomic E-state index is 13.9. The van der Waals surface area contributed by atoms with Crippen LogP contribution in [0.4, 0.5) is 5.69 Å². The van der Waals surface area contributed by atoms with Gasteiger partial charge in [0.2, 0.25) is 17.5 Å². The number of piperazine rings is 1. The van der Waals surface area contributed by atoms with Gasteiger partial charge in [0.1, 0.15) is 17.4 Å². The Bertz CT molecular complexity index is 1190. The number of amides is 3. The molecule has 186 valence electrons. The molecule has 5 rings (SSSR count). The molecule has 2 fully saturated rings. The summed E-state index contributed by atoms with van der Waals surface area (Å²) < 4.78 is 12.0. The van der Waals surface area contributed by atoms with Gasteiger partial charge in [0.05, 0.1) is 5.41 Å². The highest BCUT2D eigenvalue weighted by Gasteiger charge is 2.64. The van der Waals surface area contributed by atoms with Gasteiger partial charge in [-0.3, -0.25) is 14.4 Å². The highest BCUT2D eigenvalue weighted by Crippen LogP contribution is 2.56. The molecule has 1 aromatic carbocycles. The number of nitrogens with one attached hydrogen (secondary N) is 2. The monoisotopic (exact) mass is 479 g/mol. The van der Waals surface area contributed by atoms with Crippen LogP contribution in [0.5, 0.6) is 5.75 Å². The Morgan fingerprint density at radius 3 is 2.71 bits per heavy atom. The second kappa shape index (κ2) is 7.43. The predicted molar refractivity (Wildman–Crippen MR) is 132 cm³/mol. The number of carbonyl (C=O) groups excluding carboxylic acids is 3. The van der Waals surface area contributed by atoms with Crippen LogP contribution in [0.15, 0.2) is 30.9 Å². The fourth-order valence-electron chi connectivity index (χ4n) is 6.00. The van der Waals surface area contributed by atoms with Crippen molar-refractivity contribution >= 4 is 29.5 Å². The van der Waals surface area contributed by atoms with E-state index in [1.165, 1.54) is 7.11 Å². The smallest absolute Gasteiger partial charge is 0.276 e. The fourth-order valence-corrected chi connectivity index (χ4v) is 6.00. The summed E-state index contributed by atoms with van der Waals surface area (Å²) in [7, 11) is 1.41. The van der Waals surface area contributed by atoms with Crippen LogP contribution in [-0.4, -0.2) is 53.6 Å². The Labute approximate surface area is 205 Å². The fraction of sp³-hybridized carbons (Fsp3) is 0.519. The number of allylic oxidation sites excluding steroid dienone is 1. The minimum absolute atomic E-state index is 0.0724. The van der Waals surface area contributed by atoms with E-state index in [0.717, 1.165) is 17.5 Å². The van der Waals surface area contributed by atoms with Gasteiger partial charge in [-0.2, -0.15) is 0 Å². The van der Waals surface area contributed by atoms with Crippen molar-refractivity contribution in [2.24, 2.45) is 5.41 Å². The molecule has 0 spiro atoms. The van der Waals surface area contributed by atoms with E-state index in [0.29, 0.717) is 24.4 Å². The van der Waals surface area contributed by atoms with Gasteiger partial charge in [-0.25, -0.2) is 0 Å². The van der Waals surface area contributed by atoms with Crippen LogP contribution in [0.2, 0.25) is 0 Å². The molecule has 4 aliphatic rings. The van der Waals surface area contributed by atoms with Crippen molar-refractivity contribution < 1.29 is 23.9 Å². The lowest BCUT2D eigenvalue weighted by Crippen LogP contribution is -2.72. The summed E-state index contributed by atoms with van der Waals surface area (Å²) >= 11 is 0. The summed E-state index contributed by atoms with van der Waals surface area (Å²) in [6.45, 7) is 12.3. The van der Waals surface area contributed by atoms with E-state index in [-0.39, 0.29) is 24.1 Å². The molecule has 35 heavy (non-hydrogen) atoms. The van der Waals surface area contributed by atoms with Crippen LogP contribution < -0.4 is 15.4 Å². The first-order valence-corrected chi connectivity index (χ1v) is 12.1. The third kappa shape index (κ3) is 3.19. The molecule has 8 heteroatoms. The first kappa shape index (κ1) is 23.6. The first-order chi connectivity index (χ1) is 16.4. The molecular weight excluding hydrogens is 446 g/mol. The van der Waals surface area contributed by atoms with Crippen molar-refractivity contribution in [2.75, 3.05) is 19.0 Å². The number of ether oxygens (including phenoxy) is 2. The molecule has 0 unspecified atom stereocenters. The van der Waals surface area contributed by atoms with Crippen LogP contribution in [0.3, 0.4) is 0 Å². The van der Waals surface area contributed by atoms with E-state index < -0.39 is 28.2 Å². The number of carbonyl (C=O) groups is 3. The average Bonchev–Trinajstić information content (AvgIpc) is 3.39. The third-order valence-electron chi connectivity index (χ3n) is 8.24. The minimum atomic E-state index is -1.68. The van der Waals surface area contributed by atoms with E-state index >= 15 is 0 Å². The number of hydrogen-bond donors (Lipinski definition) is 2. The van der Waals surface area contributed by atoms with Crippen LogP contribution in [-0.2, 0) is 24.5 Å². The molecule has 0 aromatic heterocycles. The largest absolute Gasteiger partial charge is 0.483 e. The lowest BCUT2D eigenvalue weighted by atomic mass is 9.58. The molecule has 2 N–H and O–H groups in total. The lowest BCUT2D eigenvalue weighted by molar-refractivity contribution is -0.179. The van der Waals surface area contributed by atoms with Gasteiger partial charge >= 0.3 is 0 Å². The van der Waals surface area contributed by atoms with Gasteiger partial charge in [0, 0.05) is 42.8 Å². The van der Waals surface area contributed by atoms with E-state index in [1.807, 2.05) is 52.0 Å². The van der Waals surface area contributed by atoms with E-state index in [2.05, 4.69) is 17.2 Å². The number of nitrogens with zero attached hydrogens (tertiary/aromatic N) is 1. The van der Waals surface area contributed by atoms with E-state index in [4.69, 9.17) is 9.47 Å². The maximum Gasteiger partial charge on any atom is 0.276 e. The highest BCUT2D eigenvalue weighted by atomic mass is 16.5. The van der Waals surface area contributed by atoms with Crippen LogP contribution in [0, 0.1) is 5.41 Å². The molecule has 0 bridgehead atoms. The highest BCUT2D eigenvalue weighted by molar-refractivity contribution is 6.09. The maximum absolute atomic E-state index is 13.9. The number of benzene rings is 1. The third-order valence-corrected chi connectivity index (χ3v) is 8.24. The summed E-state index contributed by atoms with van der Waals surface area (Å²) in [5.74, 6) is -0.166. The van der Waals surface area contributed by atoms with Crippen LogP contribution in [0.25, 0.3) is 6.08 Å². The Morgan fingerprint density at radius 2 is 2.03 bits per heavy atom. The van der Waals surface area contributed by atoms with Crippen molar-refractivity contribution in [1.82, 2.24) is 10.2 Å². The zero-order chi connectivity index (χ0) is 25.4. The summed E-state index contributed by atoms with van der Waals surface area (Å²) in [5.41, 5.74) is -2.00. The van der Waals surface area contributed by atoms with Crippen LogP contribution in [0.1, 0.15) is 58.1 Å². The molecule has 4 heterocycles. The van der Waals surface area contributed by atoms with E-state index in [1.54, 1.807) is 11.0 Å². The zero-order valence-corrected chi connectivity index (χ0v) is 21.0. The van der Waals surface area contributed by atoms with Gasteiger partial charge in [-0.15, -0.1) is 6.58 Å². The van der Waals surface area contributed by atoms with Gasteiger partial charge in [0.15, 0.2) is 0 Å². The molecule has 0 saturated carbocycles. The van der Waals surface area contributed by atoms with Crippen molar-refractivity contribution in [3.05, 3.63) is 42.0 Å². The Kier molecular flexibility index (Phi) is 5.01. The SMILES string of the molecule is C=CC(C)(C)[C@]1(C[C@]2(OC)NC(=O)[C@@H]3CCCN3C2=O)C(=O)Nc2cc3c(cc21)C=CC(C)(C)O3. The van der Waals surface area contributed by atoms with Crippen molar-refractivity contribution in [1.29, 1.82) is 0 Å². The number of anilines is 1. The van der Waals surface area contributed by atoms with Crippen molar-refractivity contribution in [3.63, 3.8) is 0 Å². The van der Waals surface area contributed by atoms with Gasteiger partial charge in [-0.05, 0) is 44.4 Å². The number of rotatable bonds is 5. The first-order valence-electron chi connectivity index (χ1n) is 12.1. The molecule has 1 aromatic rings. The average molecular weight is 480 g/mol. The Balaban J connectivity index is 1.68. The molecule has 3 amide bonds. The number of fused-ring (bicyclic) bond motifs is 3.